The van der Waals surface area contributed by atoms with Gasteiger partial charge in [-0.1, -0.05) is 48.5 Å². The maximum absolute atomic E-state index is 14.7. The molecule has 0 saturated heterocycles. The third kappa shape index (κ3) is 18.5. The molecule has 0 spiro atoms. The molecule has 7 aromatic rings. The average Bonchev–Trinajstić information content (AvgIpc) is 1.08. The molecule has 7 rings (SSSR count). The lowest BCUT2D eigenvalue weighted by Crippen LogP contribution is -2.60. The summed E-state index contributed by atoms with van der Waals surface area (Å²) in [5.74, 6) is -3.79. The highest BCUT2D eigenvalue weighted by Gasteiger charge is 2.33. The summed E-state index contributed by atoms with van der Waals surface area (Å²) in [5, 5.41) is 26.8. The number of aromatic hydroxyl groups is 1. The number of nitrogens with one attached hydrogen (secondary N) is 8. The number of methoxy groups -OCH3 is 3. The molecular formula is C62H76N14O12. The molecule has 0 fully saturated rings. The number of amides is 7. The molecule has 15 N–H and O–H groups in total. The summed E-state index contributed by atoms with van der Waals surface area (Å²) in [6, 6.07) is 18.4. The fraction of sp³-hybridized carbons (Fsp3) is 0.355. The van der Waals surface area contributed by atoms with E-state index in [0.29, 0.717) is 88.6 Å². The summed E-state index contributed by atoms with van der Waals surface area (Å²) in [5.41, 5.74) is 22.0. The number of ether oxygens (including phenoxy) is 3. The van der Waals surface area contributed by atoms with Crippen molar-refractivity contribution in [1.82, 2.24) is 56.4 Å². The van der Waals surface area contributed by atoms with Gasteiger partial charge < -0.3 is 83.0 Å². The van der Waals surface area contributed by atoms with E-state index in [-0.39, 0.29) is 50.0 Å². The molecular weight excluding hydrogens is 1130 g/mol. The standard InChI is InChI=1S/C62H76N14O12/c1-36(71-57(80)47(64)28-42-31-66-34-69-42)56(79)72-48(9-5-6-22-63)59(82)74-50(25-39-14-18-44(77)19-15-39)60(83)75-51(29-43-32-67-35-70-43)61(84)73-49(58(81)68-33-55(65)78)24-38-12-10-37(11-13-38)8-7-23-76-52-30-54(88-4)53(87-3)27-41(52)26-46(62(76)85)40-16-20-45(86-2)21-17-40/h10-21,26-27,30-32,34-36,47-51,77H,5-9,22-25,28-29,33,63-64H2,1-4H3,(H2,65,78)(H,66,69)(H,67,70)(H,68,81)(H,71,80)(H,72,79)(H,73,84)(H,74,82)(H,75,83)/t36-,47-,48-,49-,50-,51-/m0/s1. The molecule has 4 aromatic carbocycles. The van der Waals surface area contributed by atoms with E-state index in [9.17, 15) is 43.5 Å². The van der Waals surface area contributed by atoms with Crippen LogP contribution in [0.1, 0.15) is 60.7 Å². The van der Waals surface area contributed by atoms with E-state index in [2.05, 4.69) is 51.8 Å². The van der Waals surface area contributed by atoms with Crippen LogP contribution in [0.5, 0.6) is 23.0 Å². The first-order valence-corrected chi connectivity index (χ1v) is 28.6. The second-order valence-electron chi connectivity index (χ2n) is 21.1. The summed E-state index contributed by atoms with van der Waals surface area (Å²) in [6.07, 6.45) is 7.54. The van der Waals surface area contributed by atoms with Crippen molar-refractivity contribution in [2.75, 3.05) is 34.4 Å². The quantitative estimate of drug-likeness (QED) is 0.0258. The molecule has 26 heteroatoms. The van der Waals surface area contributed by atoms with Crippen molar-refractivity contribution in [3.8, 4) is 34.1 Å². The van der Waals surface area contributed by atoms with Gasteiger partial charge in [-0.15, -0.1) is 0 Å². The SMILES string of the molecule is COc1ccc(-c2cc3cc(OC)c(OC)cc3n(CCCc3ccc(C[C@H](NC(=O)[C@H](Cc4cnc[nH]4)NC(=O)[C@H](Cc4ccc(O)cc4)NC(=O)[C@H](CCCCN)NC(=O)[C@H](C)NC(=O)[C@@H](N)Cc4cnc[nH]4)C(=O)NCC(N)=O)cc3)c2=O)cc1. The predicted molar refractivity (Wildman–Crippen MR) is 327 cm³/mol. The summed E-state index contributed by atoms with van der Waals surface area (Å²) in [6.45, 7) is 1.51. The lowest BCUT2D eigenvalue weighted by molar-refractivity contribution is -0.135. The fourth-order valence-electron chi connectivity index (χ4n) is 9.82. The molecule has 3 heterocycles. The zero-order chi connectivity index (χ0) is 63.3. The number of phenolic OH excluding ortho intramolecular Hbond substituents is 1. The van der Waals surface area contributed by atoms with E-state index in [4.69, 9.17) is 31.4 Å². The molecule has 0 aliphatic rings. The zero-order valence-electron chi connectivity index (χ0n) is 49.4. The van der Waals surface area contributed by atoms with Crippen molar-refractivity contribution in [2.45, 2.75) is 108 Å². The van der Waals surface area contributed by atoms with Crippen LogP contribution in [0.2, 0.25) is 0 Å². The number of imidazole rings is 2. The number of carbonyl (C=O) groups is 7. The first-order chi connectivity index (χ1) is 42.4. The van der Waals surface area contributed by atoms with Crippen LogP contribution in [-0.2, 0) is 72.2 Å². The van der Waals surface area contributed by atoms with Crippen molar-refractivity contribution < 1.29 is 52.9 Å². The van der Waals surface area contributed by atoms with E-state index >= 15 is 0 Å². The molecule has 26 nitrogen and oxygen atoms in total. The number of aromatic amines is 2. The highest BCUT2D eigenvalue weighted by atomic mass is 16.5. The largest absolute Gasteiger partial charge is 0.508 e. The summed E-state index contributed by atoms with van der Waals surface area (Å²) >= 11 is 0. The number of aromatic nitrogens is 5. The maximum atomic E-state index is 14.7. The highest BCUT2D eigenvalue weighted by Crippen LogP contribution is 2.34. The molecule has 6 atom stereocenters. The van der Waals surface area contributed by atoms with Crippen molar-refractivity contribution in [3.63, 3.8) is 0 Å². The highest BCUT2D eigenvalue weighted by molar-refractivity contribution is 5.97. The van der Waals surface area contributed by atoms with Crippen molar-refractivity contribution >= 4 is 52.3 Å². The van der Waals surface area contributed by atoms with Gasteiger partial charge in [0.2, 0.25) is 41.4 Å². The molecule has 0 radical (unpaired) electrons. The number of hydrogen-bond acceptors (Lipinski definition) is 16. The molecule has 88 heavy (non-hydrogen) atoms. The number of aryl methyl sites for hydroxylation is 2. The number of phenols is 1. The average molecular weight is 1210 g/mol. The number of H-pyrrole nitrogens is 2. The molecule has 0 aliphatic carbocycles. The number of rotatable bonds is 33. The second-order valence-corrected chi connectivity index (χ2v) is 21.1. The molecule has 0 saturated carbocycles. The summed E-state index contributed by atoms with van der Waals surface area (Å²) in [7, 11) is 4.65. The first-order valence-electron chi connectivity index (χ1n) is 28.6. The monoisotopic (exact) mass is 1210 g/mol. The van der Waals surface area contributed by atoms with Gasteiger partial charge in [0, 0.05) is 73.0 Å². The van der Waals surface area contributed by atoms with E-state index in [1.807, 2.05) is 36.4 Å². The van der Waals surface area contributed by atoms with E-state index in [1.165, 1.54) is 51.2 Å². The molecule has 0 unspecified atom stereocenters. The molecule has 0 aliphatic heterocycles. The minimum Gasteiger partial charge on any atom is -0.508 e. The van der Waals surface area contributed by atoms with Crippen LogP contribution in [0, 0.1) is 0 Å². The Hall–Kier alpha value is -10.1. The Kier molecular flexibility index (Phi) is 23.7. The predicted octanol–water partition coefficient (Wildman–Crippen LogP) is 1.25. The van der Waals surface area contributed by atoms with Gasteiger partial charge in [0.25, 0.3) is 5.56 Å². The fourth-order valence-corrected chi connectivity index (χ4v) is 9.82. The normalized spacial score (nSPS) is 13.2. The molecule has 0 bridgehead atoms. The molecule has 466 valence electrons. The van der Waals surface area contributed by atoms with Crippen LogP contribution in [0.3, 0.4) is 0 Å². The Labute approximate surface area is 507 Å². The second kappa shape index (κ2) is 31.9. The van der Waals surface area contributed by atoms with Crippen LogP contribution in [-0.4, -0.2) is 142 Å². The Balaban J connectivity index is 1.08. The first kappa shape index (κ1) is 65.5. The van der Waals surface area contributed by atoms with Gasteiger partial charge in [-0.2, -0.15) is 0 Å². The topological polar surface area (TPSA) is 397 Å². The van der Waals surface area contributed by atoms with Gasteiger partial charge in [0.05, 0.1) is 52.1 Å². The smallest absolute Gasteiger partial charge is 0.258 e. The third-order valence-corrected chi connectivity index (χ3v) is 14.7. The number of hydrogen-bond donors (Lipinski definition) is 12. The molecule has 7 amide bonds. The Bertz CT molecular complexity index is 3540. The van der Waals surface area contributed by atoms with Crippen LogP contribution in [0.4, 0.5) is 0 Å². The van der Waals surface area contributed by atoms with Crippen LogP contribution < -0.4 is 68.9 Å². The summed E-state index contributed by atoms with van der Waals surface area (Å²) < 4.78 is 18.3. The number of benzene rings is 4. The zero-order valence-corrected chi connectivity index (χ0v) is 49.4. The van der Waals surface area contributed by atoms with Crippen molar-refractivity contribution in [2.24, 2.45) is 17.2 Å². The summed E-state index contributed by atoms with van der Waals surface area (Å²) in [4.78, 5) is 124. The number of nitrogens with zero attached hydrogens (tertiary/aromatic N) is 3. The maximum Gasteiger partial charge on any atom is 0.258 e. The number of nitrogens with two attached hydrogens (primary N) is 3. The van der Waals surface area contributed by atoms with Gasteiger partial charge in [-0.05, 0) is 104 Å². The van der Waals surface area contributed by atoms with Crippen LogP contribution >= 0.6 is 0 Å². The van der Waals surface area contributed by atoms with E-state index in [0.717, 1.165) is 10.9 Å². The van der Waals surface area contributed by atoms with Gasteiger partial charge in [0.15, 0.2) is 11.5 Å². The lowest BCUT2D eigenvalue weighted by atomic mass is 10.0. The van der Waals surface area contributed by atoms with Gasteiger partial charge in [-0.25, -0.2) is 9.97 Å². The number of fused-ring (bicyclic) bond motifs is 1. The van der Waals surface area contributed by atoms with Crippen molar-refractivity contribution in [3.05, 3.63) is 154 Å². The van der Waals surface area contributed by atoms with E-state index in [1.54, 1.807) is 61.3 Å². The van der Waals surface area contributed by atoms with Gasteiger partial charge >= 0.3 is 0 Å². The number of primary amides is 1. The number of carbonyl (C=O) groups excluding carboxylic acids is 7. The minimum absolute atomic E-state index is 0.0574. The van der Waals surface area contributed by atoms with Crippen molar-refractivity contribution in [1.29, 1.82) is 0 Å². The Morgan fingerprint density at radius 1 is 0.614 bits per heavy atom. The van der Waals surface area contributed by atoms with Gasteiger partial charge in [0.1, 0.15) is 41.7 Å². The minimum atomic E-state index is -1.42. The third-order valence-electron chi connectivity index (χ3n) is 14.7. The molecule has 3 aromatic heterocycles. The van der Waals surface area contributed by atoms with Crippen LogP contribution in [0.15, 0.2) is 121 Å². The van der Waals surface area contributed by atoms with E-state index < -0.39 is 84.1 Å². The lowest BCUT2D eigenvalue weighted by Gasteiger charge is -2.27. The number of pyridine rings is 1. The van der Waals surface area contributed by atoms with Gasteiger partial charge in [-0.3, -0.25) is 38.4 Å². The van der Waals surface area contributed by atoms with Crippen LogP contribution in [0.25, 0.3) is 22.0 Å². The Morgan fingerprint density at radius 2 is 1.16 bits per heavy atom. The number of unbranched alkanes of at least 4 members (excludes halogenated alkanes) is 1. The Morgan fingerprint density at radius 3 is 1.73 bits per heavy atom.